The fourth-order valence-corrected chi connectivity index (χ4v) is 4.81. The van der Waals surface area contributed by atoms with Gasteiger partial charge in [0.15, 0.2) is 9.84 Å². The van der Waals surface area contributed by atoms with Crippen LogP contribution in [0.1, 0.15) is 18.1 Å². The summed E-state index contributed by atoms with van der Waals surface area (Å²) in [6, 6.07) is 7.06. The summed E-state index contributed by atoms with van der Waals surface area (Å²) in [4.78, 5) is 0. The van der Waals surface area contributed by atoms with Crippen molar-refractivity contribution in [2.75, 3.05) is 18.6 Å². The minimum Gasteiger partial charge on any atom is -0.496 e. The lowest BCUT2D eigenvalue weighted by Gasteiger charge is -2.27. The molecule has 1 aromatic rings. The molecule has 0 aromatic heterocycles. The zero-order valence-corrected chi connectivity index (χ0v) is 13.2. The highest BCUT2D eigenvalue weighted by Gasteiger charge is 2.49. The van der Waals surface area contributed by atoms with E-state index in [0.717, 1.165) is 4.47 Å². The summed E-state index contributed by atoms with van der Waals surface area (Å²) in [6.07, 6.45) is -1.08. The van der Waals surface area contributed by atoms with E-state index in [9.17, 15) is 18.8 Å². The number of hydrogen-bond acceptors (Lipinski definition) is 5. The first-order valence-electron chi connectivity index (χ1n) is 5.97. The van der Waals surface area contributed by atoms with Crippen molar-refractivity contribution >= 4 is 25.8 Å². The molecule has 7 heteroatoms. The molecule has 108 valence electrons. The lowest BCUT2D eigenvalue weighted by atomic mass is 9.79. The number of nitrogens with zero attached hydrogens (tertiary/aromatic N) is 1. The molecule has 2 unspecified atom stereocenters. The van der Waals surface area contributed by atoms with E-state index in [1.807, 2.05) is 6.07 Å². The lowest BCUT2D eigenvalue weighted by molar-refractivity contribution is 0.0768. The van der Waals surface area contributed by atoms with E-state index in [1.165, 1.54) is 7.11 Å². The molecule has 0 spiro atoms. The van der Waals surface area contributed by atoms with E-state index >= 15 is 0 Å². The van der Waals surface area contributed by atoms with E-state index in [-0.39, 0.29) is 17.9 Å². The fraction of sp³-hybridized carbons (Fsp3) is 0.462. The van der Waals surface area contributed by atoms with Gasteiger partial charge in [-0.1, -0.05) is 15.9 Å². The first-order chi connectivity index (χ1) is 9.33. The molecule has 1 aliphatic heterocycles. The molecule has 1 heterocycles. The molecule has 0 amide bonds. The highest BCUT2D eigenvalue weighted by molar-refractivity contribution is 9.10. The lowest BCUT2D eigenvalue weighted by Crippen LogP contribution is -2.29. The van der Waals surface area contributed by atoms with Gasteiger partial charge in [-0.2, -0.15) is 5.26 Å². The van der Waals surface area contributed by atoms with Crippen LogP contribution in [0.4, 0.5) is 0 Å². The number of aliphatic hydroxyl groups excluding tert-OH is 1. The Hall–Kier alpha value is -1.10. The Morgan fingerprint density at radius 3 is 2.75 bits per heavy atom. The van der Waals surface area contributed by atoms with Gasteiger partial charge in [0.2, 0.25) is 0 Å². The number of rotatable bonds is 3. The van der Waals surface area contributed by atoms with Crippen LogP contribution in [-0.2, 0) is 9.84 Å². The van der Waals surface area contributed by atoms with Crippen LogP contribution in [-0.4, -0.2) is 32.1 Å². The molecule has 1 saturated heterocycles. The van der Waals surface area contributed by atoms with Gasteiger partial charge in [0, 0.05) is 10.0 Å². The summed E-state index contributed by atoms with van der Waals surface area (Å²) < 4.78 is 29.2. The minimum absolute atomic E-state index is 0.0755. The van der Waals surface area contributed by atoms with Crippen molar-refractivity contribution in [1.82, 2.24) is 0 Å². The zero-order valence-electron chi connectivity index (χ0n) is 10.8. The molecule has 0 aliphatic carbocycles. The molecule has 1 fully saturated rings. The Labute approximate surface area is 126 Å². The van der Waals surface area contributed by atoms with Crippen LogP contribution in [0.25, 0.3) is 0 Å². The normalized spacial score (nSPS) is 25.9. The average Bonchev–Trinajstić information content (AvgIpc) is 2.74. The van der Waals surface area contributed by atoms with Crippen molar-refractivity contribution in [2.24, 2.45) is 5.41 Å². The summed E-state index contributed by atoms with van der Waals surface area (Å²) in [6.45, 7) is 0. The number of ether oxygens (including phenoxy) is 1. The quantitative estimate of drug-likeness (QED) is 0.889. The number of aliphatic hydroxyl groups is 1. The largest absolute Gasteiger partial charge is 0.496 e. The Morgan fingerprint density at radius 1 is 1.55 bits per heavy atom. The molecule has 1 aliphatic rings. The van der Waals surface area contributed by atoms with Crippen molar-refractivity contribution in [1.29, 1.82) is 5.26 Å². The van der Waals surface area contributed by atoms with Gasteiger partial charge in [-0.25, -0.2) is 8.42 Å². The first kappa shape index (κ1) is 15.3. The third kappa shape index (κ3) is 2.68. The fourth-order valence-electron chi connectivity index (χ4n) is 2.46. The van der Waals surface area contributed by atoms with Gasteiger partial charge in [0.05, 0.1) is 24.7 Å². The maximum Gasteiger partial charge on any atom is 0.152 e. The highest BCUT2D eigenvalue weighted by Crippen LogP contribution is 2.45. The molecule has 1 aromatic carbocycles. The van der Waals surface area contributed by atoms with Crippen molar-refractivity contribution in [2.45, 2.75) is 12.5 Å². The van der Waals surface area contributed by atoms with E-state index in [1.54, 1.807) is 18.2 Å². The van der Waals surface area contributed by atoms with Crippen molar-refractivity contribution < 1.29 is 18.3 Å². The average molecular weight is 360 g/mol. The molecule has 5 nitrogen and oxygen atoms in total. The van der Waals surface area contributed by atoms with Crippen molar-refractivity contribution in [3.05, 3.63) is 28.2 Å². The Bertz CT molecular complexity index is 667. The van der Waals surface area contributed by atoms with Crippen LogP contribution in [0.2, 0.25) is 0 Å². The first-order valence-corrected chi connectivity index (χ1v) is 8.58. The Kier molecular flexibility index (Phi) is 4.09. The van der Waals surface area contributed by atoms with Gasteiger partial charge >= 0.3 is 0 Å². The number of sulfone groups is 1. The topological polar surface area (TPSA) is 87.4 Å². The molecule has 0 saturated carbocycles. The maximum atomic E-state index is 11.7. The van der Waals surface area contributed by atoms with E-state index in [4.69, 9.17) is 4.74 Å². The maximum absolute atomic E-state index is 11.7. The molecule has 1 N–H and O–H groups in total. The molecule has 0 radical (unpaired) electrons. The number of methoxy groups -OCH3 is 1. The van der Waals surface area contributed by atoms with E-state index in [0.29, 0.717) is 11.3 Å². The van der Waals surface area contributed by atoms with Crippen molar-refractivity contribution in [3.8, 4) is 11.8 Å². The van der Waals surface area contributed by atoms with Gasteiger partial charge in [-0.15, -0.1) is 0 Å². The van der Waals surface area contributed by atoms with Gasteiger partial charge in [0.25, 0.3) is 0 Å². The zero-order chi connectivity index (χ0) is 15.0. The Morgan fingerprint density at radius 2 is 2.25 bits per heavy atom. The number of benzene rings is 1. The highest BCUT2D eigenvalue weighted by atomic mass is 79.9. The molecule has 0 bridgehead atoms. The van der Waals surface area contributed by atoms with Crippen LogP contribution in [0.5, 0.6) is 5.75 Å². The third-order valence-electron chi connectivity index (χ3n) is 3.57. The van der Waals surface area contributed by atoms with Crippen LogP contribution >= 0.6 is 15.9 Å². The molecule has 20 heavy (non-hydrogen) atoms. The second-order valence-corrected chi connectivity index (χ2v) is 8.00. The third-order valence-corrected chi connectivity index (χ3v) is 5.84. The SMILES string of the molecule is COc1ccc(Br)cc1C(O)C1(C#N)CCS(=O)(=O)C1. The summed E-state index contributed by atoms with van der Waals surface area (Å²) >= 11 is 3.30. The van der Waals surface area contributed by atoms with E-state index in [2.05, 4.69) is 15.9 Å². The van der Waals surface area contributed by atoms with Gasteiger partial charge < -0.3 is 9.84 Å². The molecular weight excluding hydrogens is 346 g/mol. The predicted octanol–water partition coefficient (Wildman–Crippen LogP) is 1.82. The molecular formula is C13H14BrNO4S. The summed E-state index contributed by atoms with van der Waals surface area (Å²) in [7, 11) is -1.82. The van der Waals surface area contributed by atoms with Gasteiger partial charge in [0.1, 0.15) is 17.3 Å². The smallest absolute Gasteiger partial charge is 0.152 e. The van der Waals surface area contributed by atoms with Crippen LogP contribution in [0, 0.1) is 16.7 Å². The Balaban J connectivity index is 2.48. The number of halogens is 1. The van der Waals surface area contributed by atoms with Gasteiger partial charge in [-0.05, 0) is 24.6 Å². The van der Waals surface area contributed by atoms with Crippen LogP contribution in [0.15, 0.2) is 22.7 Å². The number of nitriles is 1. The van der Waals surface area contributed by atoms with Crippen LogP contribution in [0.3, 0.4) is 0 Å². The second kappa shape index (κ2) is 5.35. The second-order valence-electron chi connectivity index (χ2n) is 4.90. The summed E-state index contributed by atoms with van der Waals surface area (Å²) in [5.74, 6) is 0.0287. The minimum atomic E-state index is -3.28. The summed E-state index contributed by atoms with van der Waals surface area (Å²) in [5.41, 5.74) is -0.895. The van der Waals surface area contributed by atoms with Gasteiger partial charge in [-0.3, -0.25) is 0 Å². The molecule has 2 atom stereocenters. The van der Waals surface area contributed by atoms with Crippen LogP contribution < -0.4 is 4.74 Å². The number of hydrogen-bond donors (Lipinski definition) is 1. The standard InChI is InChI=1S/C13H14BrNO4S/c1-19-11-3-2-9(14)6-10(11)12(16)13(7-15)4-5-20(17,18)8-13/h2-3,6,12,16H,4-5,8H2,1H3. The monoisotopic (exact) mass is 359 g/mol. The molecule has 2 rings (SSSR count). The summed E-state index contributed by atoms with van der Waals surface area (Å²) in [5, 5.41) is 19.9. The van der Waals surface area contributed by atoms with E-state index < -0.39 is 21.4 Å². The van der Waals surface area contributed by atoms with Crippen molar-refractivity contribution in [3.63, 3.8) is 0 Å². The predicted molar refractivity (Wildman–Crippen MR) is 77.0 cm³/mol.